The lowest BCUT2D eigenvalue weighted by atomic mass is 9.75. The standard InChI is InChI=1S/C28H31BN4O3/c1-17(2)28-11-6-10-27(28,3)35-29(36-28)22-14-20(21(15-26(22)34-4)24-7-5-12-31-24)18-8-9-19-23(30)16-32-33-25(19)13-18/h5,7-9,12-17,24H,6,10-11H2,1-4H3,(H2,30,33)/t24?,27-,28?/m0/s1. The van der Waals surface area contributed by atoms with E-state index in [-0.39, 0.29) is 17.2 Å². The number of methoxy groups -OCH3 is 1. The van der Waals surface area contributed by atoms with E-state index in [4.69, 9.17) is 19.8 Å². The van der Waals surface area contributed by atoms with Gasteiger partial charge in [0.1, 0.15) is 5.75 Å². The van der Waals surface area contributed by atoms with E-state index in [1.54, 1.807) is 13.3 Å². The summed E-state index contributed by atoms with van der Waals surface area (Å²) >= 11 is 0. The van der Waals surface area contributed by atoms with Crippen molar-refractivity contribution in [3.05, 3.63) is 54.2 Å². The lowest BCUT2D eigenvalue weighted by molar-refractivity contribution is -0.0438. The van der Waals surface area contributed by atoms with Gasteiger partial charge in [-0.3, -0.25) is 4.99 Å². The van der Waals surface area contributed by atoms with E-state index in [1.165, 1.54) is 0 Å². The molecular formula is C28H31BN4O3. The Morgan fingerprint density at radius 2 is 2.03 bits per heavy atom. The number of nitrogen functional groups attached to an aromatic ring is 1. The number of allylic oxidation sites excluding steroid dienone is 1. The van der Waals surface area contributed by atoms with Gasteiger partial charge in [-0.1, -0.05) is 32.1 Å². The highest BCUT2D eigenvalue weighted by atomic mass is 16.7. The third-order valence-electron chi connectivity index (χ3n) is 8.30. The molecule has 3 aromatic rings. The van der Waals surface area contributed by atoms with E-state index in [2.05, 4.69) is 60.2 Å². The Labute approximate surface area is 211 Å². The summed E-state index contributed by atoms with van der Waals surface area (Å²) in [5.41, 5.74) is 10.8. The number of nitrogens with two attached hydrogens (primary N) is 1. The number of hydrogen-bond donors (Lipinski definition) is 1. The summed E-state index contributed by atoms with van der Waals surface area (Å²) in [6.45, 7) is 6.66. The molecule has 8 heteroatoms. The summed E-state index contributed by atoms with van der Waals surface area (Å²) in [4.78, 5) is 4.66. The van der Waals surface area contributed by atoms with Crippen molar-refractivity contribution < 1.29 is 14.0 Å². The van der Waals surface area contributed by atoms with E-state index in [1.807, 2.05) is 24.4 Å². The van der Waals surface area contributed by atoms with Crippen molar-refractivity contribution in [2.45, 2.75) is 57.3 Å². The van der Waals surface area contributed by atoms with Crippen LogP contribution in [0.2, 0.25) is 0 Å². The average Bonchev–Trinajstić information content (AvgIpc) is 3.57. The molecular weight excluding hydrogens is 451 g/mol. The highest BCUT2D eigenvalue weighted by molar-refractivity contribution is 6.63. The summed E-state index contributed by atoms with van der Waals surface area (Å²) in [5.74, 6) is 1.07. The second kappa shape index (κ2) is 8.42. The third-order valence-corrected chi connectivity index (χ3v) is 8.30. The highest BCUT2D eigenvalue weighted by Gasteiger charge is 2.63. The van der Waals surface area contributed by atoms with Crippen LogP contribution in [0.25, 0.3) is 22.0 Å². The van der Waals surface area contributed by atoms with Gasteiger partial charge in [0.15, 0.2) is 0 Å². The zero-order valence-electron chi connectivity index (χ0n) is 21.2. The Kier molecular flexibility index (Phi) is 5.43. The molecule has 184 valence electrons. The quantitative estimate of drug-likeness (QED) is 0.533. The van der Waals surface area contributed by atoms with Crippen molar-refractivity contribution in [1.82, 2.24) is 10.2 Å². The number of anilines is 1. The van der Waals surface area contributed by atoms with E-state index in [0.29, 0.717) is 11.6 Å². The van der Waals surface area contributed by atoms with Crippen molar-refractivity contribution in [1.29, 1.82) is 0 Å². The van der Waals surface area contributed by atoms with Gasteiger partial charge in [-0.2, -0.15) is 10.2 Å². The Balaban J connectivity index is 1.51. The van der Waals surface area contributed by atoms with Crippen molar-refractivity contribution >= 4 is 35.4 Å². The van der Waals surface area contributed by atoms with Gasteiger partial charge in [-0.25, -0.2) is 0 Å². The molecule has 0 amide bonds. The molecule has 6 rings (SSSR count). The summed E-state index contributed by atoms with van der Waals surface area (Å²) in [5, 5.41) is 9.25. The molecule has 1 aliphatic carbocycles. The predicted molar refractivity (Wildman–Crippen MR) is 144 cm³/mol. The normalized spacial score (nSPS) is 26.9. The first-order valence-corrected chi connectivity index (χ1v) is 12.6. The van der Waals surface area contributed by atoms with Crippen LogP contribution in [-0.2, 0) is 9.31 Å². The maximum atomic E-state index is 6.82. The molecule has 3 aliphatic rings. The minimum atomic E-state index is -0.515. The second-order valence-electron chi connectivity index (χ2n) is 10.5. The molecule has 2 fully saturated rings. The number of nitrogens with zero attached hydrogens (tertiary/aromatic N) is 3. The number of fused-ring (bicyclic) bond motifs is 2. The van der Waals surface area contributed by atoms with Crippen LogP contribution in [0.4, 0.5) is 5.69 Å². The second-order valence-corrected chi connectivity index (χ2v) is 10.5. The molecule has 2 aliphatic heterocycles. The van der Waals surface area contributed by atoms with Gasteiger partial charge in [0, 0.05) is 17.1 Å². The fraction of sp³-hybridized carbons (Fsp3) is 0.393. The monoisotopic (exact) mass is 482 g/mol. The van der Waals surface area contributed by atoms with Gasteiger partial charge in [-0.15, -0.1) is 0 Å². The SMILES string of the molecule is COc1cc(C2C=CC=N2)c(-c2ccc3c(N)cnnc3c2)cc1B1OC2(C(C)C)CCC[C@]2(C)O1. The van der Waals surface area contributed by atoms with Gasteiger partial charge >= 0.3 is 7.12 Å². The fourth-order valence-corrected chi connectivity index (χ4v) is 6.37. The molecule has 0 bridgehead atoms. The van der Waals surface area contributed by atoms with Gasteiger partial charge in [0.05, 0.1) is 41.8 Å². The first-order valence-electron chi connectivity index (χ1n) is 12.6. The third kappa shape index (κ3) is 3.39. The number of rotatable bonds is 5. The van der Waals surface area contributed by atoms with E-state index < -0.39 is 7.12 Å². The van der Waals surface area contributed by atoms with Crippen LogP contribution >= 0.6 is 0 Å². The van der Waals surface area contributed by atoms with Crippen molar-refractivity contribution in [2.75, 3.05) is 12.8 Å². The molecule has 2 N–H and O–H groups in total. The zero-order chi connectivity index (χ0) is 25.1. The van der Waals surface area contributed by atoms with Crippen molar-refractivity contribution in [3.8, 4) is 16.9 Å². The molecule has 1 saturated carbocycles. The van der Waals surface area contributed by atoms with Gasteiger partial charge in [0.25, 0.3) is 0 Å². The molecule has 36 heavy (non-hydrogen) atoms. The van der Waals surface area contributed by atoms with Crippen LogP contribution in [0.15, 0.2) is 53.7 Å². The number of aromatic nitrogens is 2. The lowest BCUT2D eigenvalue weighted by Gasteiger charge is -2.39. The molecule has 3 atom stereocenters. The van der Waals surface area contributed by atoms with Crippen LogP contribution in [0, 0.1) is 5.92 Å². The number of ether oxygens (including phenoxy) is 1. The maximum Gasteiger partial charge on any atom is 0.498 e. The van der Waals surface area contributed by atoms with E-state index in [9.17, 15) is 0 Å². The van der Waals surface area contributed by atoms with Crippen LogP contribution in [0.5, 0.6) is 5.75 Å². The smallest absolute Gasteiger partial charge is 0.497 e. The van der Waals surface area contributed by atoms with E-state index >= 15 is 0 Å². The van der Waals surface area contributed by atoms with Crippen molar-refractivity contribution in [2.24, 2.45) is 10.9 Å². The number of hydrogen-bond acceptors (Lipinski definition) is 7. The molecule has 3 heterocycles. The summed E-state index contributed by atoms with van der Waals surface area (Å²) in [6.07, 6.45) is 10.6. The van der Waals surface area contributed by atoms with Crippen LogP contribution in [0.3, 0.4) is 0 Å². The Hall–Kier alpha value is -3.23. The molecule has 2 aromatic carbocycles. The van der Waals surface area contributed by atoms with Crippen LogP contribution in [0.1, 0.15) is 51.6 Å². The summed E-state index contributed by atoms with van der Waals surface area (Å²) < 4.78 is 19.5. The Morgan fingerprint density at radius 3 is 2.75 bits per heavy atom. The molecule has 0 spiro atoms. The van der Waals surface area contributed by atoms with Crippen molar-refractivity contribution in [3.63, 3.8) is 0 Å². The summed E-state index contributed by atoms with van der Waals surface area (Å²) in [7, 11) is 1.18. The number of benzene rings is 2. The minimum Gasteiger partial charge on any atom is -0.497 e. The van der Waals surface area contributed by atoms with E-state index in [0.717, 1.165) is 58.1 Å². The first kappa shape index (κ1) is 23.2. The van der Waals surface area contributed by atoms with Crippen LogP contribution < -0.4 is 15.9 Å². The molecule has 0 radical (unpaired) electrons. The Morgan fingerprint density at radius 1 is 1.17 bits per heavy atom. The average molecular weight is 482 g/mol. The Bertz CT molecular complexity index is 1400. The van der Waals surface area contributed by atoms with Gasteiger partial charge in [-0.05, 0) is 73.1 Å². The summed E-state index contributed by atoms with van der Waals surface area (Å²) in [6, 6.07) is 10.2. The molecule has 7 nitrogen and oxygen atoms in total. The molecule has 2 unspecified atom stereocenters. The number of aliphatic imine (C=N–C) groups is 1. The highest BCUT2D eigenvalue weighted by Crippen LogP contribution is 2.53. The maximum absolute atomic E-state index is 6.82. The molecule has 1 saturated heterocycles. The lowest BCUT2D eigenvalue weighted by Crippen LogP contribution is -2.49. The predicted octanol–water partition coefficient (Wildman–Crippen LogP) is 4.65. The fourth-order valence-electron chi connectivity index (χ4n) is 6.37. The zero-order valence-corrected chi connectivity index (χ0v) is 21.2. The molecule has 1 aromatic heterocycles. The van der Waals surface area contributed by atoms with Crippen LogP contribution in [-0.4, -0.2) is 41.8 Å². The minimum absolute atomic E-state index is 0.102. The first-order chi connectivity index (χ1) is 17.3. The largest absolute Gasteiger partial charge is 0.498 e. The topological polar surface area (TPSA) is 91.9 Å². The van der Waals surface area contributed by atoms with Gasteiger partial charge in [0.2, 0.25) is 0 Å². The van der Waals surface area contributed by atoms with Gasteiger partial charge < -0.3 is 19.8 Å².